The van der Waals surface area contributed by atoms with Gasteiger partial charge in [0.2, 0.25) is 6.79 Å². The van der Waals surface area contributed by atoms with Crippen molar-refractivity contribution < 1.29 is 38.3 Å². The second-order valence-corrected chi connectivity index (χ2v) is 8.67. The van der Waals surface area contributed by atoms with Crippen LogP contribution in [0.3, 0.4) is 0 Å². The Labute approximate surface area is 204 Å². The molecule has 0 bridgehead atoms. The Morgan fingerprint density at radius 3 is 2.03 bits per heavy atom. The number of rotatable bonds is 12. The maximum atomic E-state index is 13.6. The lowest BCUT2D eigenvalue weighted by Gasteiger charge is -2.33. The van der Waals surface area contributed by atoms with Crippen molar-refractivity contribution in [3.05, 3.63) is 33.9 Å². The highest BCUT2D eigenvalue weighted by Gasteiger charge is 2.47. The molecule has 0 aliphatic carbocycles. The molecule has 1 heterocycles. The number of nitro groups is 1. The fourth-order valence-electron chi connectivity index (χ4n) is 4.29. The van der Waals surface area contributed by atoms with E-state index in [2.05, 4.69) is 0 Å². The first kappa shape index (κ1) is 27.9. The van der Waals surface area contributed by atoms with Crippen LogP contribution >= 0.6 is 0 Å². The van der Waals surface area contributed by atoms with Gasteiger partial charge < -0.3 is 23.8 Å². The minimum atomic E-state index is -1.77. The van der Waals surface area contributed by atoms with Gasteiger partial charge in [0.05, 0.1) is 19.1 Å². The maximum absolute atomic E-state index is 13.6. The van der Waals surface area contributed by atoms with E-state index in [-0.39, 0.29) is 38.5 Å². The minimum absolute atomic E-state index is 0.00943. The van der Waals surface area contributed by atoms with Crippen LogP contribution in [0.25, 0.3) is 0 Å². The summed E-state index contributed by atoms with van der Waals surface area (Å²) in [5, 5.41) is 12.4. The van der Waals surface area contributed by atoms with Crippen LogP contribution in [-0.2, 0) is 23.9 Å². The van der Waals surface area contributed by atoms with E-state index in [0.29, 0.717) is 17.1 Å². The summed E-state index contributed by atoms with van der Waals surface area (Å²) in [6.07, 6.45) is -0.362. The highest BCUT2D eigenvalue weighted by molar-refractivity contribution is 5.95. The summed E-state index contributed by atoms with van der Waals surface area (Å²) >= 11 is 0. The van der Waals surface area contributed by atoms with Gasteiger partial charge in [-0.15, -0.1) is 0 Å². The van der Waals surface area contributed by atoms with Crippen LogP contribution in [-0.4, -0.2) is 65.8 Å². The number of benzene rings is 1. The van der Waals surface area contributed by atoms with Crippen molar-refractivity contribution >= 4 is 17.8 Å². The smallest absolute Gasteiger partial charge is 0.320 e. The van der Waals surface area contributed by atoms with Gasteiger partial charge in [-0.3, -0.25) is 24.5 Å². The Morgan fingerprint density at radius 1 is 1.00 bits per heavy atom. The predicted octanol–water partition coefficient (Wildman–Crippen LogP) is 2.92. The molecule has 1 amide bonds. The molecular formula is C24H34N2O9. The number of carbonyl (C=O) groups is 3. The number of carbonyl (C=O) groups excluding carboxylic acids is 3. The first-order chi connectivity index (χ1) is 16.5. The van der Waals surface area contributed by atoms with Crippen LogP contribution in [0, 0.1) is 16.0 Å². The van der Waals surface area contributed by atoms with Crippen LogP contribution in [0.5, 0.6) is 11.5 Å². The van der Waals surface area contributed by atoms with Gasteiger partial charge in [-0.05, 0) is 65.7 Å². The van der Waals surface area contributed by atoms with Crippen molar-refractivity contribution in [1.29, 1.82) is 0 Å². The molecule has 0 N–H and O–H groups in total. The van der Waals surface area contributed by atoms with E-state index in [0.717, 1.165) is 0 Å². The zero-order valence-corrected chi connectivity index (χ0v) is 21.0. The van der Waals surface area contributed by atoms with Crippen molar-refractivity contribution in [2.24, 2.45) is 5.92 Å². The number of esters is 2. The average Bonchev–Trinajstić information content (AvgIpc) is 3.23. The van der Waals surface area contributed by atoms with Crippen molar-refractivity contribution in [3.63, 3.8) is 0 Å². The summed E-state index contributed by atoms with van der Waals surface area (Å²) in [7, 11) is 0. The van der Waals surface area contributed by atoms with Gasteiger partial charge in [-0.2, -0.15) is 0 Å². The van der Waals surface area contributed by atoms with E-state index in [9.17, 15) is 24.5 Å². The summed E-state index contributed by atoms with van der Waals surface area (Å²) in [5.41, 5.74) is 0.357. The number of amides is 1. The zero-order chi connectivity index (χ0) is 26.3. The first-order valence-corrected chi connectivity index (χ1v) is 11.7. The molecule has 35 heavy (non-hydrogen) atoms. The standard InChI is InChI=1S/C24H34N2O9/c1-7-32-23(28)18(24(29)33-8-2)12-17(16-9-10-19-20(11-16)35-13-34-19)21(26(30)31)22(27)25(14(3)4)15(5)6/h9-11,14-15,17-18,21H,7-8,12-13H2,1-6H3/t17-,21-/m1/s1. The molecule has 0 fully saturated rings. The third-order valence-electron chi connectivity index (χ3n) is 5.69. The van der Waals surface area contributed by atoms with Crippen LogP contribution < -0.4 is 9.47 Å². The van der Waals surface area contributed by atoms with Crippen LogP contribution in [0.15, 0.2) is 18.2 Å². The quantitative estimate of drug-likeness (QED) is 0.186. The molecule has 1 aromatic rings. The summed E-state index contributed by atoms with van der Waals surface area (Å²) in [4.78, 5) is 52.1. The van der Waals surface area contributed by atoms with Crippen LogP contribution in [0.2, 0.25) is 0 Å². The second-order valence-electron chi connectivity index (χ2n) is 8.67. The van der Waals surface area contributed by atoms with Gasteiger partial charge in [0.25, 0.3) is 11.9 Å². The molecule has 1 aliphatic heterocycles. The molecule has 2 atom stereocenters. The van der Waals surface area contributed by atoms with Gasteiger partial charge in [-0.1, -0.05) is 6.07 Å². The fourth-order valence-corrected chi connectivity index (χ4v) is 4.29. The highest BCUT2D eigenvalue weighted by atomic mass is 16.7. The Bertz CT molecular complexity index is 906. The Hall–Kier alpha value is -3.37. The normalized spacial score (nSPS) is 14.1. The van der Waals surface area contributed by atoms with Crippen molar-refractivity contribution in [1.82, 2.24) is 4.90 Å². The van der Waals surface area contributed by atoms with Crippen molar-refractivity contribution in [3.8, 4) is 11.5 Å². The second kappa shape index (κ2) is 12.4. The molecule has 11 heteroatoms. The molecule has 0 unspecified atom stereocenters. The Balaban J connectivity index is 2.62. The molecule has 0 spiro atoms. The van der Waals surface area contributed by atoms with Gasteiger partial charge in [-0.25, -0.2) is 0 Å². The SMILES string of the molecule is CCOC(=O)C(C[C@H](c1ccc2c(c1)OCO2)[C@H](C(=O)N(C(C)C)C(C)C)[N+](=O)[O-])C(=O)OCC. The average molecular weight is 495 g/mol. The summed E-state index contributed by atoms with van der Waals surface area (Å²) in [5.74, 6) is -4.25. The Morgan fingerprint density at radius 2 is 1.54 bits per heavy atom. The largest absolute Gasteiger partial charge is 0.465 e. The molecular weight excluding hydrogens is 460 g/mol. The van der Waals surface area contributed by atoms with Crippen LogP contribution in [0.4, 0.5) is 0 Å². The first-order valence-electron chi connectivity index (χ1n) is 11.7. The van der Waals surface area contributed by atoms with E-state index < -0.39 is 40.6 Å². The molecule has 0 aromatic heterocycles. The number of hydrogen-bond acceptors (Lipinski definition) is 9. The number of nitrogens with zero attached hydrogens (tertiary/aromatic N) is 2. The monoisotopic (exact) mass is 494 g/mol. The third-order valence-corrected chi connectivity index (χ3v) is 5.69. The number of ether oxygens (including phenoxy) is 4. The molecule has 1 aliphatic rings. The lowest BCUT2D eigenvalue weighted by Crippen LogP contribution is -2.52. The van der Waals surface area contributed by atoms with Gasteiger partial charge in [0.1, 0.15) is 0 Å². The molecule has 11 nitrogen and oxygen atoms in total. The lowest BCUT2D eigenvalue weighted by atomic mass is 9.82. The highest BCUT2D eigenvalue weighted by Crippen LogP contribution is 2.39. The predicted molar refractivity (Wildman–Crippen MR) is 125 cm³/mol. The lowest BCUT2D eigenvalue weighted by molar-refractivity contribution is -0.513. The maximum Gasteiger partial charge on any atom is 0.320 e. The molecule has 1 aromatic carbocycles. The number of hydrogen-bond donors (Lipinski definition) is 0. The van der Waals surface area contributed by atoms with Crippen molar-refractivity contribution in [2.75, 3.05) is 20.0 Å². The van der Waals surface area contributed by atoms with Crippen LogP contribution in [0.1, 0.15) is 59.4 Å². The third kappa shape index (κ3) is 6.61. The number of fused-ring (bicyclic) bond motifs is 1. The van der Waals surface area contributed by atoms with Gasteiger partial charge >= 0.3 is 11.9 Å². The van der Waals surface area contributed by atoms with Gasteiger partial charge in [0, 0.05) is 17.0 Å². The summed E-state index contributed by atoms with van der Waals surface area (Å²) in [6, 6.07) is 2.30. The van der Waals surface area contributed by atoms with Crippen molar-refractivity contribution in [2.45, 2.75) is 72.0 Å². The van der Waals surface area contributed by atoms with E-state index in [4.69, 9.17) is 18.9 Å². The van der Waals surface area contributed by atoms with E-state index in [1.807, 2.05) is 0 Å². The van der Waals surface area contributed by atoms with E-state index in [1.165, 1.54) is 4.90 Å². The van der Waals surface area contributed by atoms with E-state index in [1.54, 1.807) is 59.7 Å². The minimum Gasteiger partial charge on any atom is -0.465 e. The molecule has 0 saturated carbocycles. The summed E-state index contributed by atoms with van der Waals surface area (Å²) in [6.45, 7) is 10.3. The topological polar surface area (TPSA) is 135 Å². The molecule has 0 radical (unpaired) electrons. The molecule has 2 rings (SSSR count). The molecule has 0 saturated heterocycles. The van der Waals surface area contributed by atoms with E-state index >= 15 is 0 Å². The van der Waals surface area contributed by atoms with Gasteiger partial charge in [0.15, 0.2) is 17.4 Å². The Kier molecular flexibility index (Phi) is 9.85. The zero-order valence-electron chi connectivity index (χ0n) is 21.0. The fraction of sp³-hybridized carbons (Fsp3) is 0.625. The molecule has 194 valence electrons. The summed E-state index contributed by atoms with van der Waals surface area (Å²) < 4.78 is 20.9.